The van der Waals surface area contributed by atoms with Crippen LogP contribution < -0.4 is 23.0 Å². The molecular formula is C22H34ClN3O4. The number of rotatable bonds is 2. The molecule has 5 rings (SSSR count). The summed E-state index contributed by atoms with van der Waals surface area (Å²) in [7, 11) is 0. The van der Waals surface area contributed by atoms with Crippen molar-refractivity contribution < 1.29 is 36.4 Å². The Bertz CT molecular complexity index is 759. The van der Waals surface area contributed by atoms with Crippen LogP contribution in [0.4, 0.5) is 0 Å². The third kappa shape index (κ3) is 3.43. The number of ether oxygens (including phenoxy) is 2. The van der Waals surface area contributed by atoms with Crippen LogP contribution in [0.5, 0.6) is 0 Å². The van der Waals surface area contributed by atoms with Crippen LogP contribution in [0.25, 0.3) is 0 Å². The van der Waals surface area contributed by atoms with Crippen LogP contribution in [0.2, 0.25) is 0 Å². The van der Waals surface area contributed by atoms with Crippen molar-refractivity contribution in [2.75, 3.05) is 0 Å². The minimum Gasteiger partial charge on any atom is -1.00 e. The topological polar surface area (TPSA) is 82.8 Å². The fourth-order valence-corrected chi connectivity index (χ4v) is 6.41. The first-order valence-corrected chi connectivity index (χ1v) is 11.4. The molecule has 0 amide bonds. The molecule has 2 saturated heterocycles. The third-order valence-corrected chi connectivity index (χ3v) is 7.61. The molecule has 3 N–H and O–H groups in total. The average molecular weight is 440 g/mol. The number of hydrogen-bond acceptors (Lipinski definition) is 5. The van der Waals surface area contributed by atoms with E-state index in [0.29, 0.717) is 6.04 Å². The van der Waals surface area contributed by atoms with E-state index in [2.05, 4.69) is 41.2 Å². The molecule has 7 atom stereocenters. The van der Waals surface area contributed by atoms with E-state index in [4.69, 9.17) is 9.47 Å². The summed E-state index contributed by atoms with van der Waals surface area (Å²) in [5.41, 5.74) is -1.24. The van der Waals surface area contributed by atoms with Crippen molar-refractivity contribution in [3.63, 3.8) is 0 Å². The second-order valence-corrected chi connectivity index (χ2v) is 9.56. The Morgan fingerprint density at radius 2 is 2.10 bits per heavy atom. The highest BCUT2D eigenvalue weighted by atomic mass is 35.5. The van der Waals surface area contributed by atoms with Crippen LogP contribution in [-0.2, 0) is 14.3 Å². The molecule has 0 saturated carbocycles. The van der Waals surface area contributed by atoms with E-state index in [1.807, 2.05) is 0 Å². The van der Waals surface area contributed by atoms with Gasteiger partial charge in [0.15, 0.2) is 11.6 Å². The first-order chi connectivity index (χ1) is 14.0. The Labute approximate surface area is 184 Å². The maximum atomic E-state index is 12.4. The van der Waals surface area contributed by atoms with Crippen LogP contribution >= 0.6 is 0 Å². The zero-order valence-corrected chi connectivity index (χ0v) is 18.7. The van der Waals surface area contributed by atoms with E-state index in [1.54, 1.807) is 0 Å². The van der Waals surface area contributed by atoms with Crippen LogP contribution in [0.15, 0.2) is 12.2 Å². The minimum absolute atomic E-state index is 0. The molecule has 7 nitrogen and oxygen atoms in total. The van der Waals surface area contributed by atoms with Gasteiger partial charge in [0.25, 0.3) is 0 Å². The highest BCUT2D eigenvalue weighted by Gasteiger charge is 2.64. The second kappa shape index (κ2) is 7.99. The monoisotopic (exact) mass is 439 g/mol. The van der Waals surface area contributed by atoms with Gasteiger partial charge >= 0.3 is 11.9 Å². The predicted octanol–water partition coefficient (Wildman–Crippen LogP) is -0.686. The van der Waals surface area contributed by atoms with E-state index >= 15 is 0 Å². The SMILES string of the molecule is CC[C@H]1C=CCC[C@@]2(C[C@@H]3CC[C@@H]4[C@H](C(=O)O)[C@]5(CCC[C@@H](C)O5)NC(=[N+]34)N2)O1.[Cl-]. The lowest BCUT2D eigenvalue weighted by Gasteiger charge is -2.50. The zero-order valence-electron chi connectivity index (χ0n) is 17.9. The molecule has 8 heteroatoms. The molecule has 0 aliphatic carbocycles. The van der Waals surface area contributed by atoms with Gasteiger partial charge in [0, 0.05) is 19.3 Å². The van der Waals surface area contributed by atoms with Crippen molar-refractivity contribution in [3.05, 3.63) is 12.2 Å². The smallest absolute Gasteiger partial charge is 0.350 e. The van der Waals surface area contributed by atoms with Crippen molar-refractivity contribution in [3.8, 4) is 0 Å². The van der Waals surface area contributed by atoms with Gasteiger partial charge < -0.3 is 27.0 Å². The number of nitrogens with zero attached hydrogens (tertiary/aromatic N) is 1. The average Bonchev–Trinajstić information content (AvgIpc) is 2.96. The molecule has 168 valence electrons. The number of aliphatic carboxylic acids is 1. The van der Waals surface area contributed by atoms with Gasteiger partial charge in [0.05, 0.1) is 24.3 Å². The maximum absolute atomic E-state index is 12.4. The predicted molar refractivity (Wildman–Crippen MR) is 107 cm³/mol. The summed E-state index contributed by atoms with van der Waals surface area (Å²) in [4.78, 5) is 12.4. The molecule has 0 unspecified atom stereocenters. The first-order valence-electron chi connectivity index (χ1n) is 11.4. The second-order valence-electron chi connectivity index (χ2n) is 9.56. The number of nitrogens with one attached hydrogen (secondary N) is 2. The van der Waals surface area contributed by atoms with Crippen LogP contribution in [0, 0.1) is 5.92 Å². The molecule has 0 aromatic carbocycles. The van der Waals surface area contributed by atoms with Crippen LogP contribution in [0.1, 0.15) is 71.6 Å². The fourth-order valence-electron chi connectivity index (χ4n) is 6.41. The zero-order chi connectivity index (χ0) is 20.2. The van der Waals surface area contributed by atoms with Gasteiger partial charge in [-0.05, 0) is 45.4 Å². The molecule has 0 radical (unpaired) electrons. The summed E-state index contributed by atoms with van der Waals surface area (Å²) >= 11 is 0. The van der Waals surface area contributed by atoms with Crippen molar-refractivity contribution >= 4 is 11.9 Å². The Hall–Kier alpha value is -1.31. The quantitative estimate of drug-likeness (QED) is 0.390. The van der Waals surface area contributed by atoms with E-state index in [9.17, 15) is 9.90 Å². The van der Waals surface area contributed by atoms with Gasteiger partial charge in [0.2, 0.25) is 5.72 Å². The lowest BCUT2D eigenvalue weighted by molar-refractivity contribution is -0.609. The Morgan fingerprint density at radius 3 is 2.83 bits per heavy atom. The Kier molecular flexibility index (Phi) is 5.83. The van der Waals surface area contributed by atoms with Crippen molar-refractivity contribution in [2.24, 2.45) is 5.92 Å². The minimum atomic E-state index is -0.840. The van der Waals surface area contributed by atoms with Crippen molar-refractivity contribution in [1.82, 2.24) is 10.6 Å². The van der Waals surface area contributed by atoms with Gasteiger partial charge in [-0.3, -0.25) is 9.37 Å². The molecule has 0 bridgehead atoms. The summed E-state index contributed by atoms with van der Waals surface area (Å²) in [6.07, 6.45) is 12.9. The molecule has 5 aliphatic rings. The first kappa shape index (κ1) is 21.9. The summed E-state index contributed by atoms with van der Waals surface area (Å²) in [5, 5.41) is 17.5. The number of carboxylic acid groups (broad SMARTS) is 1. The lowest BCUT2D eigenvalue weighted by Crippen LogP contribution is -3.00. The largest absolute Gasteiger partial charge is 1.00 e. The molecule has 0 aromatic rings. The van der Waals surface area contributed by atoms with Crippen LogP contribution in [-0.4, -0.2) is 57.4 Å². The van der Waals surface area contributed by atoms with Crippen molar-refractivity contribution in [1.29, 1.82) is 0 Å². The normalized spacial score (nSPS) is 44.7. The number of hydrogen-bond donors (Lipinski definition) is 3. The fraction of sp³-hybridized carbons (Fsp3) is 0.818. The van der Waals surface area contributed by atoms with E-state index in [1.165, 1.54) is 0 Å². The summed E-state index contributed by atoms with van der Waals surface area (Å²) < 4.78 is 15.3. The molecule has 0 aromatic heterocycles. The van der Waals surface area contributed by atoms with Gasteiger partial charge in [-0.1, -0.05) is 19.1 Å². The molecule has 30 heavy (non-hydrogen) atoms. The highest BCUT2D eigenvalue weighted by Crippen LogP contribution is 2.45. The number of carboxylic acids is 1. The Morgan fingerprint density at radius 1 is 1.27 bits per heavy atom. The number of carbonyl (C=O) groups is 1. The molecule has 2 fully saturated rings. The third-order valence-electron chi connectivity index (χ3n) is 7.61. The number of guanidine groups is 1. The maximum Gasteiger partial charge on any atom is 0.350 e. The van der Waals surface area contributed by atoms with E-state index < -0.39 is 23.3 Å². The Balaban J connectivity index is 0.00000218. The van der Waals surface area contributed by atoms with Crippen molar-refractivity contribution in [2.45, 2.75) is 107 Å². The summed E-state index contributed by atoms with van der Waals surface area (Å²) in [6.45, 7) is 4.21. The summed E-state index contributed by atoms with van der Waals surface area (Å²) in [6, 6.07) is 0.273. The standard InChI is InChI=1S/C22H33N3O4.ClH/c1-3-16-8-4-5-11-21(29-16)13-15-9-10-17-18(19(26)27)22(12-6-7-14(2)28-22)24-20(23-21)25(15)17;/h4,8,14-18H,3,5-7,9-13H2,1-2H3,(H2,23,24,26,27);1H/t14-,15+,16+,17-,18-,21+,22-;/m1./s1. The molecular weight excluding hydrogens is 406 g/mol. The highest BCUT2D eigenvalue weighted by molar-refractivity contribution is 5.81. The van der Waals surface area contributed by atoms with Crippen LogP contribution in [0.3, 0.4) is 0 Å². The van der Waals surface area contributed by atoms with Gasteiger partial charge in [0.1, 0.15) is 0 Å². The molecule has 5 aliphatic heterocycles. The van der Waals surface area contributed by atoms with Gasteiger partial charge in [-0.25, -0.2) is 10.6 Å². The number of allylic oxidation sites excluding steroid dienone is 1. The van der Waals surface area contributed by atoms with Gasteiger partial charge in [-0.2, -0.15) is 0 Å². The number of halogens is 1. The van der Waals surface area contributed by atoms with Gasteiger partial charge in [-0.15, -0.1) is 0 Å². The lowest BCUT2D eigenvalue weighted by atomic mass is 9.80. The van der Waals surface area contributed by atoms with E-state index in [-0.39, 0.29) is 30.7 Å². The molecule has 5 heterocycles. The molecule has 2 spiro atoms. The summed E-state index contributed by atoms with van der Waals surface area (Å²) in [5.74, 6) is -0.389. The van der Waals surface area contributed by atoms with E-state index in [0.717, 1.165) is 63.7 Å².